The van der Waals surface area contributed by atoms with Crippen molar-refractivity contribution in [2.75, 3.05) is 13.2 Å². The van der Waals surface area contributed by atoms with Gasteiger partial charge in [-0.25, -0.2) is 9.97 Å². The normalized spacial score (nSPS) is 15.5. The summed E-state index contributed by atoms with van der Waals surface area (Å²) in [6.45, 7) is 0.939. The standard InChI is InChI=1S/C7H7N3O2/c11-6-5-7(10-2-1-8-5)12-4-3-9-6/h1-2H,3-4H2,(H,9,11). The highest BCUT2D eigenvalue weighted by Gasteiger charge is 2.17. The first-order valence-electron chi connectivity index (χ1n) is 3.60. The van der Waals surface area contributed by atoms with Gasteiger partial charge in [0.1, 0.15) is 6.61 Å². The van der Waals surface area contributed by atoms with Gasteiger partial charge in [-0.1, -0.05) is 0 Å². The van der Waals surface area contributed by atoms with Gasteiger partial charge >= 0.3 is 0 Å². The number of nitrogens with one attached hydrogen (secondary N) is 1. The number of carbonyl (C=O) groups is 1. The molecule has 5 nitrogen and oxygen atoms in total. The van der Waals surface area contributed by atoms with Crippen LogP contribution in [0.1, 0.15) is 10.5 Å². The van der Waals surface area contributed by atoms with Gasteiger partial charge in [-0.15, -0.1) is 0 Å². The number of ether oxygens (including phenoxy) is 1. The summed E-state index contributed by atoms with van der Waals surface area (Å²) in [4.78, 5) is 19.0. The second-order valence-corrected chi connectivity index (χ2v) is 2.31. The summed E-state index contributed by atoms with van der Waals surface area (Å²) in [6, 6.07) is 0. The molecule has 0 spiro atoms. The predicted molar refractivity (Wildman–Crippen MR) is 39.9 cm³/mol. The van der Waals surface area contributed by atoms with Crippen LogP contribution in [0.2, 0.25) is 0 Å². The van der Waals surface area contributed by atoms with Gasteiger partial charge in [0.05, 0.1) is 6.54 Å². The van der Waals surface area contributed by atoms with Crippen LogP contribution in [0.25, 0.3) is 0 Å². The molecule has 5 heteroatoms. The number of hydrogen-bond donors (Lipinski definition) is 1. The molecule has 1 aromatic heterocycles. The minimum absolute atomic E-state index is 0.226. The van der Waals surface area contributed by atoms with E-state index >= 15 is 0 Å². The highest BCUT2D eigenvalue weighted by atomic mass is 16.5. The molecule has 0 unspecified atom stereocenters. The van der Waals surface area contributed by atoms with Crippen LogP contribution in [0.5, 0.6) is 5.88 Å². The van der Waals surface area contributed by atoms with Crippen LogP contribution >= 0.6 is 0 Å². The van der Waals surface area contributed by atoms with Crippen molar-refractivity contribution >= 4 is 5.91 Å². The molecule has 1 N–H and O–H groups in total. The van der Waals surface area contributed by atoms with E-state index in [4.69, 9.17) is 4.74 Å². The van der Waals surface area contributed by atoms with Gasteiger partial charge < -0.3 is 10.1 Å². The van der Waals surface area contributed by atoms with Crippen molar-refractivity contribution in [3.8, 4) is 5.88 Å². The fraction of sp³-hybridized carbons (Fsp3) is 0.286. The van der Waals surface area contributed by atoms with Gasteiger partial charge in [-0.05, 0) is 0 Å². The van der Waals surface area contributed by atoms with Crippen LogP contribution in [-0.4, -0.2) is 29.0 Å². The number of nitrogens with zero attached hydrogens (tertiary/aromatic N) is 2. The Balaban J connectivity index is 2.46. The van der Waals surface area contributed by atoms with E-state index in [2.05, 4.69) is 15.3 Å². The first kappa shape index (κ1) is 7.02. The third-order valence-corrected chi connectivity index (χ3v) is 1.51. The number of hydrogen-bond acceptors (Lipinski definition) is 4. The first-order valence-corrected chi connectivity index (χ1v) is 3.60. The zero-order valence-corrected chi connectivity index (χ0v) is 6.28. The molecule has 0 bridgehead atoms. The van der Waals surface area contributed by atoms with Crippen molar-refractivity contribution in [2.45, 2.75) is 0 Å². The van der Waals surface area contributed by atoms with E-state index in [0.29, 0.717) is 19.0 Å². The third kappa shape index (κ3) is 1.09. The maximum atomic E-state index is 11.2. The Morgan fingerprint density at radius 3 is 3.17 bits per heavy atom. The van der Waals surface area contributed by atoms with Gasteiger partial charge in [-0.2, -0.15) is 0 Å². The Morgan fingerprint density at radius 2 is 2.25 bits per heavy atom. The summed E-state index contributed by atoms with van der Waals surface area (Å²) >= 11 is 0. The minimum Gasteiger partial charge on any atom is -0.474 e. The summed E-state index contributed by atoms with van der Waals surface area (Å²) < 4.78 is 5.16. The Bertz CT molecular complexity index is 313. The number of aromatic nitrogens is 2. The molecule has 0 aromatic carbocycles. The molecule has 0 saturated heterocycles. The largest absolute Gasteiger partial charge is 0.474 e. The molecule has 0 fully saturated rings. The fourth-order valence-corrected chi connectivity index (χ4v) is 0.983. The van der Waals surface area contributed by atoms with E-state index in [1.54, 1.807) is 0 Å². The molecular weight excluding hydrogens is 158 g/mol. The molecule has 0 atom stereocenters. The van der Waals surface area contributed by atoms with Crippen molar-refractivity contribution in [1.29, 1.82) is 0 Å². The highest BCUT2D eigenvalue weighted by Crippen LogP contribution is 2.12. The molecular formula is C7H7N3O2. The van der Waals surface area contributed by atoms with Crippen LogP contribution in [-0.2, 0) is 0 Å². The predicted octanol–water partition coefficient (Wildman–Crippen LogP) is -0.401. The molecule has 1 aliphatic rings. The first-order chi connectivity index (χ1) is 5.88. The van der Waals surface area contributed by atoms with Gasteiger partial charge in [0.15, 0.2) is 5.69 Å². The van der Waals surface area contributed by atoms with Crippen molar-refractivity contribution < 1.29 is 9.53 Å². The molecule has 1 aromatic rings. The van der Waals surface area contributed by atoms with Gasteiger partial charge in [0, 0.05) is 12.4 Å². The summed E-state index contributed by atoms with van der Waals surface area (Å²) in [5.41, 5.74) is 0.259. The Morgan fingerprint density at radius 1 is 1.42 bits per heavy atom. The van der Waals surface area contributed by atoms with Crippen molar-refractivity contribution in [1.82, 2.24) is 15.3 Å². The average molecular weight is 165 g/mol. The van der Waals surface area contributed by atoms with Crippen LogP contribution in [0.4, 0.5) is 0 Å². The monoisotopic (exact) mass is 165 g/mol. The number of fused-ring (bicyclic) bond motifs is 1. The van der Waals surface area contributed by atoms with Crippen LogP contribution < -0.4 is 10.1 Å². The smallest absolute Gasteiger partial charge is 0.275 e. The zero-order valence-electron chi connectivity index (χ0n) is 6.28. The van der Waals surface area contributed by atoms with Gasteiger partial charge in [0.2, 0.25) is 5.88 Å². The number of rotatable bonds is 0. The molecule has 2 rings (SSSR count). The molecule has 12 heavy (non-hydrogen) atoms. The average Bonchev–Trinajstić information content (AvgIpc) is 2.29. The lowest BCUT2D eigenvalue weighted by Crippen LogP contribution is -2.24. The van der Waals surface area contributed by atoms with E-state index in [1.807, 2.05) is 0 Å². The lowest BCUT2D eigenvalue weighted by Gasteiger charge is -1.99. The van der Waals surface area contributed by atoms with Gasteiger partial charge in [0.25, 0.3) is 5.91 Å². The van der Waals surface area contributed by atoms with Crippen LogP contribution in [0.3, 0.4) is 0 Å². The van der Waals surface area contributed by atoms with Crippen LogP contribution in [0, 0.1) is 0 Å². The molecule has 0 radical (unpaired) electrons. The Labute approximate surface area is 68.8 Å². The van der Waals surface area contributed by atoms with E-state index in [0.717, 1.165) is 0 Å². The fourth-order valence-electron chi connectivity index (χ4n) is 0.983. The number of carbonyl (C=O) groups excluding carboxylic acids is 1. The Hall–Kier alpha value is -1.65. The second-order valence-electron chi connectivity index (χ2n) is 2.31. The summed E-state index contributed by atoms with van der Waals surface area (Å²) in [5.74, 6) is 0.0862. The molecule has 62 valence electrons. The highest BCUT2D eigenvalue weighted by molar-refractivity contribution is 5.94. The maximum absolute atomic E-state index is 11.2. The van der Waals surface area contributed by atoms with Crippen molar-refractivity contribution in [2.24, 2.45) is 0 Å². The topological polar surface area (TPSA) is 64.1 Å². The van der Waals surface area contributed by atoms with E-state index < -0.39 is 0 Å². The van der Waals surface area contributed by atoms with E-state index in [-0.39, 0.29) is 11.6 Å². The summed E-state index contributed by atoms with van der Waals surface area (Å²) in [6.07, 6.45) is 2.96. The SMILES string of the molecule is O=C1NCCOc2nccnc21. The molecule has 1 amide bonds. The second kappa shape index (κ2) is 2.77. The van der Waals surface area contributed by atoms with E-state index in [9.17, 15) is 4.79 Å². The van der Waals surface area contributed by atoms with Crippen LogP contribution in [0.15, 0.2) is 12.4 Å². The lowest BCUT2D eigenvalue weighted by atomic mass is 10.4. The lowest BCUT2D eigenvalue weighted by molar-refractivity contribution is 0.0952. The zero-order chi connectivity index (χ0) is 8.39. The Kier molecular flexibility index (Phi) is 1.62. The summed E-state index contributed by atoms with van der Waals surface area (Å²) in [7, 11) is 0. The molecule has 0 saturated carbocycles. The van der Waals surface area contributed by atoms with Crippen molar-refractivity contribution in [3.05, 3.63) is 18.1 Å². The quantitative estimate of drug-likeness (QED) is 0.568. The number of amides is 1. The molecule has 1 aliphatic heterocycles. The minimum atomic E-state index is -0.226. The third-order valence-electron chi connectivity index (χ3n) is 1.51. The molecule has 2 heterocycles. The summed E-state index contributed by atoms with van der Waals surface area (Å²) in [5, 5.41) is 2.63. The van der Waals surface area contributed by atoms with Gasteiger partial charge in [-0.3, -0.25) is 4.79 Å². The van der Waals surface area contributed by atoms with Crippen molar-refractivity contribution in [3.63, 3.8) is 0 Å². The maximum Gasteiger partial charge on any atom is 0.275 e. The van der Waals surface area contributed by atoms with E-state index in [1.165, 1.54) is 12.4 Å². The molecule has 0 aliphatic carbocycles.